The molecule has 0 aliphatic heterocycles. The lowest BCUT2D eigenvalue weighted by atomic mass is 10.2. The van der Waals surface area contributed by atoms with E-state index in [-0.39, 0.29) is 11.8 Å². The Balaban J connectivity index is 0. The van der Waals surface area contributed by atoms with E-state index in [1.165, 1.54) is 0 Å². The number of amides is 2. The van der Waals surface area contributed by atoms with Crippen molar-refractivity contribution in [1.29, 1.82) is 0 Å². The Morgan fingerprint density at radius 2 is 1.06 bits per heavy atom. The molecule has 0 spiro atoms. The Morgan fingerprint density at radius 3 is 1.22 bits per heavy atom. The zero-order valence-corrected chi connectivity index (χ0v) is 12.8. The van der Waals surface area contributed by atoms with Crippen LogP contribution in [0.2, 0.25) is 0 Å². The van der Waals surface area contributed by atoms with Gasteiger partial charge < -0.3 is 10.6 Å². The fourth-order valence-corrected chi connectivity index (χ4v) is 0.958. The molecule has 0 saturated carbocycles. The Labute approximate surface area is 112 Å². The topological polar surface area (TPSA) is 58.2 Å². The lowest BCUT2D eigenvalue weighted by molar-refractivity contribution is -0.122. The number of hydrogen-bond acceptors (Lipinski definition) is 2. The van der Waals surface area contributed by atoms with Crippen molar-refractivity contribution in [3.05, 3.63) is 0 Å². The van der Waals surface area contributed by atoms with Crippen molar-refractivity contribution in [2.24, 2.45) is 0 Å². The van der Waals surface area contributed by atoms with Gasteiger partial charge in [-0.15, -0.1) is 0 Å². The zero-order valence-electron chi connectivity index (χ0n) is 12.8. The van der Waals surface area contributed by atoms with Crippen LogP contribution in [0.3, 0.4) is 0 Å². The van der Waals surface area contributed by atoms with Crippen molar-refractivity contribution in [2.45, 2.75) is 79.3 Å². The Morgan fingerprint density at radius 1 is 0.778 bits per heavy atom. The minimum Gasteiger partial charge on any atom is -0.354 e. The summed E-state index contributed by atoms with van der Waals surface area (Å²) in [6.45, 7) is 11.8. The summed E-state index contributed by atoms with van der Waals surface area (Å²) in [5.41, 5.74) is 0. The predicted octanol–water partition coefficient (Wildman–Crippen LogP) is 2.62. The molecule has 0 fully saturated rings. The van der Waals surface area contributed by atoms with Crippen LogP contribution in [0.4, 0.5) is 0 Å². The molecule has 4 nitrogen and oxygen atoms in total. The first-order valence-electron chi connectivity index (χ1n) is 6.99. The number of nitrogens with one attached hydrogen (secondary N) is 2. The van der Waals surface area contributed by atoms with Crippen molar-refractivity contribution < 1.29 is 9.59 Å². The smallest absolute Gasteiger partial charge is 0.219 e. The van der Waals surface area contributed by atoms with Gasteiger partial charge in [-0.1, -0.05) is 27.7 Å². The highest BCUT2D eigenvalue weighted by Gasteiger charge is 2.01. The molecule has 0 saturated heterocycles. The summed E-state index contributed by atoms with van der Waals surface area (Å²) in [5.74, 6) is 0.286. The van der Waals surface area contributed by atoms with Crippen molar-refractivity contribution in [2.75, 3.05) is 0 Å². The van der Waals surface area contributed by atoms with E-state index < -0.39 is 0 Å². The molecule has 4 heteroatoms. The summed E-state index contributed by atoms with van der Waals surface area (Å²) >= 11 is 0. The molecule has 2 atom stereocenters. The van der Waals surface area contributed by atoms with Gasteiger partial charge in [-0.05, 0) is 26.7 Å². The second-order valence-electron chi connectivity index (χ2n) is 4.46. The van der Waals surface area contributed by atoms with E-state index in [1.54, 1.807) is 0 Å². The maximum Gasteiger partial charge on any atom is 0.219 e. The fraction of sp³-hybridized carbons (Fsp3) is 0.857. The SMILES string of the molecule is CCC(=O)NC(C)CC.CCC(=O)NC(C)CC. The van der Waals surface area contributed by atoms with Crippen molar-refractivity contribution in [1.82, 2.24) is 10.6 Å². The van der Waals surface area contributed by atoms with Crippen LogP contribution in [-0.2, 0) is 9.59 Å². The molecule has 0 radical (unpaired) electrons. The Kier molecular flexibility index (Phi) is 13.3. The molecule has 108 valence electrons. The highest BCUT2D eigenvalue weighted by molar-refractivity contribution is 5.76. The summed E-state index contributed by atoms with van der Waals surface area (Å²) in [5, 5.41) is 5.68. The fourth-order valence-electron chi connectivity index (χ4n) is 0.958. The summed E-state index contributed by atoms with van der Waals surface area (Å²) in [7, 11) is 0. The summed E-state index contributed by atoms with van der Waals surface area (Å²) < 4.78 is 0. The van der Waals surface area contributed by atoms with Crippen LogP contribution in [0.15, 0.2) is 0 Å². The molecule has 0 aliphatic rings. The highest BCUT2D eigenvalue weighted by Crippen LogP contribution is 1.88. The van der Waals surface area contributed by atoms with E-state index in [2.05, 4.69) is 24.5 Å². The molecule has 2 unspecified atom stereocenters. The third kappa shape index (κ3) is 13.0. The minimum absolute atomic E-state index is 0.143. The lowest BCUT2D eigenvalue weighted by Gasteiger charge is -2.08. The van der Waals surface area contributed by atoms with E-state index >= 15 is 0 Å². The first-order chi connectivity index (χ1) is 8.40. The molecule has 0 aromatic carbocycles. The standard InChI is InChI=1S/2C7H15NO/c2*1-4-6(3)8-7(9)5-2/h2*6H,4-5H2,1-3H3,(H,8,9). The van der Waals surface area contributed by atoms with Crippen LogP contribution in [-0.4, -0.2) is 23.9 Å². The van der Waals surface area contributed by atoms with Crippen molar-refractivity contribution >= 4 is 11.8 Å². The van der Waals surface area contributed by atoms with Gasteiger partial charge in [-0.25, -0.2) is 0 Å². The van der Waals surface area contributed by atoms with Crippen molar-refractivity contribution in [3.63, 3.8) is 0 Å². The molecular formula is C14H30N2O2. The maximum atomic E-state index is 10.7. The van der Waals surface area contributed by atoms with Gasteiger partial charge in [0.2, 0.25) is 11.8 Å². The average molecular weight is 258 g/mol. The molecule has 0 rings (SSSR count). The molecule has 0 aromatic heterocycles. The monoisotopic (exact) mass is 258 g/mol. The van der Waals surface area contributed by atoms with E-state index in [0.29, 0.717) is 24.9 Å². The van der Waals surface area contributed by atoms with Crippen molar-refractivity contribution in [3.8, 4) is 0 Å². The van der Waals surface area contributed by atoms with Crippen LogP contribution < -0.4 is 10.6 Å². The number of carbonyl (C=O) groups excluding carboxylic acids is 2. The molecule has 2 amide bonds. The molecule has 0 bridgehead atoms. The largest absolute Gasteiger partial charge is 0.354 e. The second-order valence-corrected chi connectivity index (χ2v) is 4.46. The van der Waals surface area contributed by atoms with Gasteiger partial charge in [-0.3, -0.25) is 9.59 Å². The van der Waals surface area contributed by atoms with Gasteiger partial charge in [0.1, 0.15) is 0 Å². The van der Waals surface area contributed by atoms with Gasteiger partial charge in [0.15, 0.2) is 0 Å². The van der Waals surface area contributed by atoms with Crippen LogP contribution in [0.1, 0.15) is 67.2 Å². The van der Waals surface area contributed by atoms with E-state index in [9.17, 15) is 9.59 Å². The lowest BCUT2D eigenvalue weighted by Crippen LogP contribution is -2.31. The van der Waals surface area contributed by atoms with E-state index in [4.69, 9.17) is 0 Å². The van der Waals surface area contributed by atoms with Crippen LogP contribution in [0, 0.1) is 0 Å². The molecule has 2 N–H and O–H groups in total. The van der Waals surface area contributed by atoms with Crippen LogP contribution in [0.5, 0.6) is 0 Å². The van der Waals surface area contributed by atoms with Gasteiger partial charge in [-0.2, -0.15) is 0 Å². The van der Waals surface area contributed by atoms with Gasteiger partial charge in [0.05, 0.1) is 0 Å². The van der Waals surface area contributed by atoms with E-state index in [0.717, 1.165) is 12.8 Å². The van der Waals surface area contributed by atoms with E-state index in [1.807, 2.05) is 27.7 Å². The Hall–Kier alpha value is -1.06. The van der Waals surface area contributed by atoms with Gasteiger partial charge in [0, 0.05) is 24.9 Å². The Bertz CT molecular complexity index is 206. The summed E-state index contributed by atoms with van der Waals surface area (Å²) in [6.07, 6.45) is 3.19. The predicted molar refractivity (Wildman–Crippen MR) is 76.4 cm³/mol. The third-order valence-corrected chi connectivity index (χ3v) is 2.68. The zero-order chi connectivity index (χ0) is 14.6. The molecule has 0 aromatic rings. The quantitative estimate of drug-likeness (QED) is 0.769. The second kappa shape index (κ2) is 12.4. The molecular weight excluding hydrogens is 228 g/mol. The molecule has 0 heterocycles. The first-order valence-corrected chi connectivity index (χ1v) is 6.99. The molecule has 18 heavy (non-hydrogen) atoms. The molecule has 0 aliphatic carbocycles. The summed E-state index contributed by atoms with van der Waals surface area (Å²) in [6, 6.07) is 0.662. The summed E-state index contributed by atoms with van der Waals surface area (Å²) in [4.78, 5) is 21.3. The first kappa shape index (κ1) is 19.3. The normalized spacial score (nSPS) is 12.8. The number of rotatable bonds is 6. The number of carbonyl (C=O) groups is 2. The maximum absolute atomic E-state index is 10.7. The number of hydrogen-bond donors (Lipinski definition) is 2. The highest BCUT2D eigenvalue weighted by atomic mass is 16.2. The average Bonchev–Trinajstić information content (AvgIpc) is 2.38. The van der Waals surface area contributed by atoms with Crippen LogP contribution >= 0.6 is 0 Å². The third-order valence-electron chi connectivity index (χ3n) is 2.68. The van der Waals surface area contributed by atoms with Gasteiger partial charge in [0.25, 0.3) is 0 Å². The minimum atomic E-state index is 0.143. The van der Waals surface area contributed by atoms with Gasteiger partial charge >= 0.3 is 0 Å². The van der Waals surface area contributed by atoms with Crippen LogP contribution in [0.25, 0.3) is 0 Å².